The lowest BCUT2D eigenvalue weighted by molar-refractivity contribution is -0.765. The van der Waals surface area contributed by atoms with Gasteiger partial charge in [0.1, 0.15) is 42.4 Å². The summed E-state index contributed by atoms with van der Waals surface area (Å²) in [4.78, 5) is 56.0. The van der Waals surface area contributed by atoms with E-state index >= 15 is 0 Å². The largest absolute Gasteiger partial charge is 0.756 e. The summed E-state index contributed by atoms with van der Waals surface area (Å²) in [6, 6.07) is 2.82. The molecule has 52 heavy (non-hydrogen) atoms. The molecule has 10 atom stereocenters. The molecule has 288 valence electrons. The number of anilines is 1. The summed E-state index contributed by atoms with van der Waals surface area (Å²) in [5.74, 6) is 4.27. The van der Waals surface area contributed by atoms with Crippen LogP contribution in [0.15, 0.2) is 37.2 Å². The number of aromatic nitrogens is 5. The Morgan fingerprint density at radius 2 is 1.71 bits per heavy atom. The van der Waals surface area contributed by atoms with E-state index in [4.69, 9.17) is 30.7 Å². The van der Waals surface area contributed by atoms with Gasteiger partial charge < -0.3 is 59.5 Å². The Hall–Kier alpha value is -3.17. The van der Waals surface area contributed by atoms with Crippen molar-refractivity contribution in [2.45, 2.75) is 49.1 Å². The number of imidazole rings is 1. The first-order valence-corrected chi connectivity index (χ1v) is 18.1. The molecule has 0 spiro atoms. The molecule has 5 rings (SSSR count). The second kappa shape index (κ2) is 17.3. The number of aliphatic hydroxyl groups excluding tert-OH is 4. The number of carbonyl (C=O) groups excluding carboxylic acids is 1. The molecule has 27 heteroatoms. The van der Waals surface area contributed by atoms with Crippen LogP contribution in [-0.2, 0) is 46.4 Å². The number of aliphatic hydroxyl groups is 4. The molecule has 2 unspecified atom stereocenters. The molecule has 0 aromatic carbocycles. The number of hydrogen-bond acceptors (Lipinski definition) is 21. The Balaban J connectivity index is 1.13. The fourth-order valence-corrected chi connectivity index (χ4v) is 7.11. The summed E-state index contributed by atoms with van der Waals surface area (Å²) >= 11 is 0. The quantitative estimate of drug-likeness (QED) is 0.0249. The number of pyridine rings is 1. The number of carbonyl (C=O) groups is 1. The molecule has 2 fully saturated rings. The number of rotatable bonds is 19. The van der Waals surface area contributed by atoms with E-state index in [1.54, 1.807) is 0 Å². The molecule has 2 aliphatic heterocycles. The van der Waals surface area contributed by atoms with Gasteiger partial charge in [0.25, 0.3) is 20.0 Å². The van der Waals surface area contributed by atoms with Crippen LogP contribution in [0.25, 0.3) is 11.2 Å². The average Bonchev–Trinajstić information content (AvgIpc) is 3.75. The fraction of sp³-hybridized carbons (Fsp3) is 0.560. The number of fused-ring (bicyclic) bond motifs is 1. The molecule has 0 saturated carbocycles. The standard InChI is InChI=1S/C25H36N8O17P2/c26-21(38)13-2-1-3-32(8-13)24-19(36)17(34)14(48-24)9-46-51(39,40)50-52(41,42)47-10-15-18(35)20(37)25(49-15)33-12-30-16-22(28-11-29-23(16)33)31-45-7-5-43-4-6-44-27/h1-3,8,11-12,14-15,17-20,24-25,34-37H,4-7,9-10,27H2,(H4-,26,28,29,31,38,39,40,41,42)/t14-,15-,17-,18-,19-,20-,24-,25-/m1/s1. The molecule has 5 heterocycles. The van der Waals surface area contributed by atoms with Crippen molar-refractivity contribution in [3.8, 4) is 0 Å². The highest BCUT2D eigenvalue weighted by Crippen LogP contribution is 2.58. The molecular formula is C25H36N8O17P2. The number of primary amides is 1. The third kappa shape index (κ3) is 9.67. The van der Waals surface area contributed by atoms with Gasteiger partial charge in [-0.15, -0.1) is 0 Å². The van der Waals surface area contributed by atoms with Crippen molar-refractivity contribution in [1.82, 2.24) is 19.5 Å². The van der Waals surface area contributed by atoms with Gasteiger partial charge in [-0.3, -0.25) is 23.3 Å². The van der Waals surface area contributed by atoms with Gasteiger partial charge in [-0.2, -0.15) is 4.57 Å². The van der Waals surface area contributed by atoms with Crippen LogP contribution >= 0.6 is 15.6 Å². The van der Waals surface area contributed by atoms with Crippen LogP contribution in [0.5, 0.6) is 0 Å². The van der Waals surface area contributed by atoms with E-state index in [1.807, 2.05) is 0 Å². The highest BCUT2D eigenvalue weighted by molar-refractivity contribution is 7.60. The van der Waals surface area contributed by atoms with Gasteiger partial charge in [-0.1, -0.05) is 0 Å². The molecule has 3 aromatic heterocycles. The van der Waals surface area contributed by atoms with Gasteiger partial charge >= 0.3 is 7.82 Å². The number of nitrogens with zero attached hydrogens (tertiary/aromatic N) is 5. The van der Waals surface area contributed by atoms with Gasteiger partial charge in [0.2, 0.25) is 0 Å². The van der Waals surface area contributed by atoms with E-state index in [-0.39, 0.29) is 49.0 Å². The highest BCUT2D eigenvalue weighted by atomic mass is 31.3. The zero-order valence-corrected chi connectivity index (χ0v) is 28.5. The van der Waals surface area contributed by atoms with Crippen LogP contribution in [0, 0.1) is 0 Å². The molecule has 10 N–H and O–H groups in total. The van der Waals surface area contributed by atoms with Crippen LogP contribution in [0.2, 0.25) is 0 Å². The zero-order valence-electron chi connectivity index (χ0n) is 26.7. The lowest BCUT2D eigenvalue weighted by atomic mass is 10.1. The first-order valence-electron chi connectivity index (χ1n) is 15.1. The predicted octanol–water partition coefficient (Wildman–Crippen LogP) is -3.98. The lowest BCUT2D eigenvalue weighted by Gasteiger charge is -2.26. The number of nitrogens with one attached hydrogen (secondary N) is 1. The Morgan fingerprint density at radius 3 is 2.46 bits per heavy atom. The van der Waals surface area contributed by atoms with Crippen molar-refractivity contribution in [2.24, 2.45) is 11.6 Å². The van der Waals surface area contributed by atoms with E-state index in [1.165, 1.54) is 40.0 Å². The van der Waals surface area contributed by atoms with Crippen molar-refractivity contribution < 1.29 is 85.9 Å². The van der Waals surface area contributed by atoms with Crippen LogP contribution in [-0.4, -0.2) is 127 Å². The molecule has 0 radical (unpaired) electrons. The van der Waals surface area contributed by atoms with E-state index in [9.17, 15) is 44.1 Å². The minimum Gasteiger partial charge on any atom is -0.756 e. The predicted molar refractivity (Wildman–Crippen MR) is 163 cm³/mol. The third-order valence-corrected chi connectivity index (χ3v) is 10.1. The topological polar surface area (TPSA) is 361 Å². The number of phosphoric ester groups is 2. The van der Waals surface area contributed by atoms with Crippen LogP contribution in [0.3, 0.4) is 0 Å². The number of hydrogen-bond donors (Lipinski definition) is 8. The Bertz CT molecular complexity index is 1770. The van der Waals surface area contributed by atoms with Crippen LogP contribution in [0.4, 0.5) is 5.82 Å². The SMILES string of the molecule is NOCCOCCONc1ncnc2c1ncn2[C@@H]1O[C@H](COP(=O)([O-])OP(=O)(O)OC[C@H]2O[C@@H]([n+]3cccc(C(N)=O)c3)[C@H](O)[C@@H]2O)[C@@H](O)[C@H]1O. The number of ether oxygens (including phenoxy) is 3. The minimum absolute atomic E-state index is 0.0551. The van der Waals surface area contributed by atoms with Gasteiger partial charge in [-0.25, -0.2) is 35.2 Å². The third-order valence-electron chi connectivity index (χ3n) is 7.55. The summed E-state index contributed by atoms with van der Waals surface area (Å²) < 4.78 is 57.3. The molecule has 2 saturated heterocycles. The lowest BCUT2D eigenvalue weighted by Crippen LogP contribution is -2.46. The fourth-order valence-electron chi connectivity index (χ4n) is 5.05. The molecule has 0 aliphatic carbocycles. The van der Waals surface area contributed by atoms with E-state index in [0.717, 1.165) is 6.33 Å². The first kappa shape index (κ1) is 40.0. The van der Waals surface area contributed by atoms with E-state index in [2.05, 4.69) is 38.6 Å². The smallest absolute Gasteiger partial charge is 0.478 e. The van der Waals surface area contributed by atoms with Crippen molar-refractivity contribution in [3.63, 3.8) is 0 Å². The maximum absolute atomic E-state index is 12.5. The number of nitrogens with two attached hydrogens (primary N) is 2. The summed E-state index contributed by atoms with van der Waals surface area (Å²) in [7, 11) is -11.1. The molecule has 3 aromatic rings. The van der Waals surface area contributed by atoms with Gasteiger partial charge in [0.15, 0.2) is 41.7 Å². The van der Waals surface area contributed by atoms with E-state index < -0.39 is 83.8 Å². The van der Waals surface area contributed by atoms with Gasteiger partial charge in [0, 0.05) is 6.07 Å². The van der Waals surface area contributed by atoms with Crippen LogP contribution in [0.1, 0.15) is 22.8 Å². The second-order valence-electron chi connectivity index (χ2n) is 11.1. The monoisotopic (exact) mass is 782 g/mol. The highest BCUT2D eigenvalue weighted by Gasteiger charge is 2.50. The maximum atomic E-state index is 12.5. The maximum Gasteiger partial charge on any atom is 0.478 e. The summed E-state index contributed by atoms with van der Waals surface area (Å²) in [6.07, 6.45) is -7.29. The number of amides is 1. The Kier molecular flexibility index (Phi) is 13.3. The minimum atomic E-state index is -5.67. The normalized spacial score (nSPS) is 28.5. The van der Waals surface area contributed by atoms with Crippen molar-refractivity contribution in [2.75, 3.05) is 45.1 Å². The molecule has 2 aliphatic rings. The Labute approximate surface area is 292 Å². The molecule has 25 nitrogen and oxygen atoms in total. The van der Waals surface area contributed by atoms with E-state index in [0.29, 0.717) is 0 Å². The summed E-state index contributed by atoms with van der Waals surface area (Å²) in [5, 5.41) is 42.1. The van der Waals surface area contributed by atoms with Gasteiger partial charge in [0.05, 0.1) is 46.0 Å². The molecular weight excluding hydrogens is 746 g/mol. The van der Waals surface area contributed by atoms with Crippen molar-refractivity contribution >= 4 is 38.5 Å². The van der Waals surface area contributed by atoms with Gasteiger partial charge in [-0.05, 0) is 6.07 Å². The van der Waals surface area contributed by atoms with Crippen molar-refractivity contribution in [1.29, 1.82) is 0 Å². The second-order valence-corrected chi connectivity index (χ2v) is 14.1. The summed E-state index contributed by atoms with van der Waals surface area (Å²) in [5.41, 5.74) is 8.21. The molecule has 0 bridgehead atoms. The van der Waals surface area contributed by atoms with Crippen LogP contribution < -0.4 is 26.6 Å². The zero-order chi connectivity index (χ0) is 37.6. The average molecular weight is 783 g/mol. The molecule has 1 amide bonds. The summed E-state index contributed by atoms with van der Waals surface area (Å²) in [6.45, 7) is -1.16. The first-order chi connectivity index (χ1) is 24.7. The Morgan fingerprint density at radius 1 is 1.00 bits per heavy atom. The van der Waals surface area contributed by atoms with Crippen molar-refractivity contribution in [3.05, 3.63) is 42.7 Å². The number of phosphoric acid groups is 2.